The number of benzene rings is 4. The lowest BCUT2D eigenvalue weighted by Gasteiger charge is -2.34. The van der Waals surface area contributed by atoms with Gasteiger partial charge in [-0.2, -0.15) is 0 Å². The molecule has 0 bridgehead atoms. The first kappa shape index (κ1) is 25.3. The lowest BCUT2D eigenvalue weighted by Crippen LogP contribution is -2.42. The molecule has 6 aromatic rings. The highest BCUT2D eigenvalue weighted by molar-refractivity contribution is 7.32. The summed E-state index contributed by atoms with van der Waals surface area (Å²) >= 11 is 0. The fraction of sp³-hybridized carbons (Fsp3) is 0.273. The van der Waals surface area contributed by atoms with Crippen LogP contribution >= 0.6 is 16.5 Å². The molecular formula is C33H30O6P2. The minimum absolute atomic E-state index is 0.0416. The van der Waals surface area contributed by atoms with Crippen LogP contribution in [-0.2, 0) is 0 Å². The van der Waals surface area contributed by atoms with Crippen LogP contribution in [-0.4, -0.2) is 12.2 Å². The molecule has 2 aliphatic carbocycles. The molecule has 3 atom stereocenters. The number of fused-ring (bicyclic) bond motifs is 6. The third-order valence-corrected chi connectivity index (χ3v) is 11.0. The largest absolute Gasteiger partial charge is 0.399 e. The maximum absolute atomic E-state index is 6.81. The van der Waals surface area contributed by atoms with Crippen LogP contribution in [0.5, 0.6) is 0 Å². The quantitative estimate of drug-likeness (QED) is 0.205. The molecule has 4 aromatic carbocycles. The Balaban J connectivity index is 1.17. The smallest absolute Gasteiger partial charge is 0.387 e. The minimum Gasteiger partial charge on any atom is -0.399 e. The van der Waals surface area contributed by atoms with Crippen LogP contribution < -0.4 is 9.05 Å². The minimum atomic E-state index is -1.65. The van der Waals surface area contributed by atoms with Crippen LogP contribution in [0.4, 0.5) is 0 Å². The van der Waals surface area contributed by atoms with Gasteiger partial charge in [0, 0.05) is 27.0 Å². The average Bonchev–Trinajstić information content (AvgIpc) is 3.50. The van der Waals surface area contributed by atoms with E-state index in [-0.39, 0.29) is 17.6 Å². The first-order chi connectivity index (χ1) is 20.3. The number of rotatable bonds is 4. The van der Waals surface area contributed by atoms with Gasteiger partial charge in [0.2, 0.25) is 0 Å². The summed E-state index contributed by atoms with van der Waals surface area (Å²) in [6.07, 6.45) is 6.03. The van der Waals surface area contributed by atoms with Crippen LogP contribution in [0.3, 0.4) is 0 Å². The molecule has 0 N–H and O–H groups in total. The Morgan fingerprint density at radius 3 is 1.15 bits per heavy atom. The van der Waals surface area contributed by atoms with E-state index in [1.807, 2.05) is 72.8 Å². The van der Waals surface area contributed by atoms with Crippen LogP contribution in [0.25, 0.3) is 43.9 Å². The highest BCUT2D eigenvalue weighted by Crippen LogP contribution is 2.55. The molecule has 6 nitrogen and oxygen atoms in total. The predicted octanol–water partition coefficient (Wildman–Crippen LogP) is 10.5. The average molecular weight is 585 g/mol. The van der Waals surface area contributed by atoms with E-state index in [0.717, 1.165) is 82.4 Å². The van der Waals surface area contributed by atoms with Crippen LogP contribution in [0.2, 0.25) is 0 Å². The van der Waals surface area contributed by atoms with Crippen molar-refractivity contribution in [2.24, 2.45) is 5.41 Å². The van der Waals surface area contributed by atoms with Crippen molar-refractivity contribution in [2.45, 2.75) is 50.7 Å². The topological polar surface area (TPSA) is 71.0 Å². The fourth-order valence-corrected chi connectivity index (χ4v) is 9.40. The van der Waals surface area contributed by atoms with E-state index in [2.05, 4.69) is 24.3 Å². The van der Waals surface area contributed by atoms with E-state index in [0.29, 0.717) is 0 Å². The summed E-state index contributed by atoms with van der Waals surface area (Å²) < 4.78 is 39.3. The van der Waals surface area contributed by atoms with Crippen LogP contribution in [0, 0.1) is 5.41 Å². The van der Waals surface area contributed by atoms with Crippen molar-refractivity contribution in [2.75, 3.05) is 0 Å². The van der Waals surface area contributed by atoms with Gasteiger partial charge in [-0.15, -0.1) is 0 Å². The van der Waals surface area contributed by atoms with Gasteiger partial charge < -0.3 is 16.8 Å². The molecule has 8 heteroatoms. The van der Waals surface area contributed by atoms with Crippen molar-refractivity contribution in [3.05, 3.63) is 97.1 Å². The standard InChI is InChI=1S/C33H30O6P2/c1-5-15-27-23(11-1)24-12-2-6-16-28(24)35-40(34-27)38-31-19-9-21-33(31)22-10-20-32(33)39-41-36-29-17-7-3-13-25(29)26-14-4-8-18-30(26)37-41/h1-8,11-18,31-32H,9-10,19-22H2/t31-,32+,33?. The maximum Gasteiger partial charge on any atom is 0.387 e. The third kappa shape index (κ3) is 4.51. The Labute approximate surface area is 239 Å². The number of para-hydroxylation sites is 4. The molecule has 2 heterocycles. The highest BCUT2D eigenvalue weighted by atomic mass is 31.1. The molecular weight excluding hydrogens is 554 g/mol. The monoisotopic (exact) mass is 584 g/mol. The van der Waals surface area contributed by atoms with Crippen molar-refractivity contribution in [1.29, 1.82) is 0 Å². The summed E-state index contributed by atoms with van der Waals surface area (Å²) in [6.45, 7) is 0. The van der Waals surface area contributed by atoms with Gasteiger partial charge in [0.1, 0.15) is 22.3 Å². The Kier molecular flexibility index (Phi) is 6.46. The summed E-state index contributed by atoms with van der Waals surface area (Å²) in [5, 5.41) is 4.08. The van der Waals surface area contributed by atoms with Crippen LogP contribution in [0.15, 0.2) is 114 Å². The summed E-state index contributed by atoms with van der Waals surface area (Å²) in [5.41, 5.74) is 3.01. The summed E-state index contributed by atoms with van der Waals surface area (Å²) in [5.74, 6) is 0. The fourth-order valence-electron chi connectivity index (χ4n) is 6.83. The van der Waals surface area contributed by atoms with Gasteiger partial charge in [-0.1, -0.05) is 85.6 Å². The second-order valence-electron chi connectivity index (χ2n) is 11.0. The van der Waals surface area contributed by atoms with Crippen molar-refractivity contribution in [1.82, 2.24) is 0 Å². The molecule has 0 radical (unpaired) electrons. The molecule has 0 aliphatic heterocycles. The molecule has 0 saturated heterocycles. The second-order valence-corrected chi connectivity index (χ2v) is 13.0. The van der Waals surface area contributed by atoms with Crippen molar-refractivity contribution >= 4 is 60.4 Å². The molecule has 2 aliphatic rings. The first-order valence-electron chi connectivity index (χ1n) is 14.3. The van der Waals surface area contributed by atoms with Crippen molar-refractivity contribution < 1.29 is 25.8 Å². The zero-order valence-corrected chi connectivity index (χ0v) is 24.3. The zero-order valence-electron chi connectivity index (χ0n) is 22.5. The van der Waals surface area contributed by atoms with Gasteiger partial charge in [-0.05, 0) is 49.9 Å². The molecule has 1 unspecified atom stereocenters. The highest BCUT2D eigenvalue weighted by Gasteiger charge is 2.54. The van der Waals surface area contributed by atoms with Gasteiger partial charge in [0.25, 0.3) is 0 Å². The van der Waals surface area contributed by atoms with Crippen molar-refractivity contribution in [3.63, 3.8) is 0 Å². The molecule has 1 spiro atoms. The number of hydrogen-bond acceptors (Lipinski definition) is 6. The molecule has 0 amide bonds. The van der Waals surface area contributed by atoms with Gasteiger partial charge in [0.05, 0.1) is 12.2 Å². The van der Waals surface area contributed by atoms with E-state index in [9.17, 15) is 0 Å². The molecule has 208 valence electrons. The Morgan fingerprint density at radius 1 is 0.488 bits per heavy atom. The molecule has 2 saturated carbocycles. The summed E-state index contributed by atoms with van der Waals surface area (Å²) in [6, 6.07) is 32.3. The second kappa shape index (κ2) is 10.5. The normalized spacial score (nSPS) is 22.3. The van der Waals surface area contributed by atoms with E-state index in [1.54, 1.807) is 0 Å². The molecule has 8 rings (SSSR count). The lowest BCUT2D eigenvalue weighted by atomic mass is 9.80. The van der Waals surface area contributed by atoms with E-state index in [1.165, 1.54) is 0 Å². The third-order valence-electron chi connectivity index (χ3n) is 8.75. The van der Waals surface area contributed by atoms with E-state index < -0.39 is 16.5 Å². The van der Waals surface area contributed by atoms with E-state index in [4.69, 9.17) is 25.8 Å². The first-order valence-corrected chi connectivity index (χ1v) is 16.5. The summed E-state index contributed by atoms with van der Waals surface area (Å²) in [7, 11) is -3.30. The number of hydrogen-bond donors (Lipinski definition) is 0. The van der Waals surface area contributed by atoms with Crippen LogP contribution in [0.1, 0.15) is 38.5 Å². The summed E-state index contributed by atoms with van der Waals surface area (Å²) in [4.78, 5) is 0. The zero-order chi connectivity index (χ0) is 27.2. The van der Waals surface area contributed by atoms with Gasteiger partial charge in [0.15, 0.2) is 0 Å². The molecule has 41 heavy (non-hydrogen) atoms. The molecule has 2 aromatic heterocycles. The Hall–Kier alpha value is -3.40. The van der Waals surface area contributed by atoms with Gasteiger partial charge >= 0.3 is 16.5 Å². The molecule has 2 fully saturated rings. The predicted molar refractivity (Wildman–Crippen MR) is 164 cm³/mol. The van der Waals surface area contributed by atoms with Gasteiger partial charge in [-0.3, -0.25) is 9.05 Å². The van der Waals surface area contributed by atoms with Gasteiger partial charge in [-0.25, -0.2) is 0 Å². The Bertz CT molecular complexity index is 1700. The van der Waals surface area contributed by atoms with Crippen molar-refractivity contribution in [3.8, 4) is 0 Å². The SMILES string of the molecule is c1ccc2c(c1)op(O[C@H]1CCCC13CCC[C@H]3Op1oc3ccccc3c3ccccc3o1)oc1ccccc12. The van der Waals surface area contributed by atoms with E-state index >= 15 is 0 Å². The Morgan fingerprint density at radius 2 is 0.805 bits per heavy atom. The lowest BCUT2D eigenvalue weighted by molar-refractivity contribution is 0.0313. The maximum atomic E-state index is 6.81.